The minimum Gasteiger partial charge on any atom is -0.481 e. The average Bonchev–Trinajstić information content (AvgIpc) is 2.70. The van der Waals surface area contributed by atoms with Gasteiger partial charge in [0.15, 0.2) is 0 Å². The van der Waals surface area contributed by atoms with Crippen LogP contribution in [0.4, 0.5) is 4.79 Å². The number of carboxylic acids is 1. The summed E-state index contributed by atoms with van der Waals surface area (Å²) in [5.41, 5.74) is 0. The van der Waals surface area contributed by atoms with Crippen LogP contribution in [0.3, 0.4) is 0 Å². The fourth-order valence-electron chi connectivity index (χ4n) is 1.88. The molecular formula is C12H20N2O5. The van der Waals surface area contributed by atoms with Crippen LogP contribution in [0.5, 0.6) is 0 Å². The first-order valence-electron chi connectivity index (χ1n) is 6.43. The van der Waals surface area contributed by atoms with Gasteiger partial charge in [-0.25, -0.2) is 4.79 Å². The zero-order valence-corrected chi connectivity index (χ0v) is 11.0. The van der Waals surface area contributed by atoms with Crippen LogP contribution in [0.1, 0.15) is 39.0 Å². The third kappa shape index (κ3) is 6.19. The van der Waals surface area contributed by atoms with Crippen molar-refractivity contribution >= 4 is 17.9 Å². The van der Waals surface area contributed by atoms with E-state index < -0.39 is 17.9 Å². The highest BCUT2D eigenvalue weighted by Gasteiger charge is 2.25. The number of rotatable bonds is 6. The van der Waals surface area contributed by atoms with Crippen LogP contribution in [0.15, 0.2) is 0 Å². The Bertz CT molecular complexity index is 345. The largest absolute Gasteiger partial charge is 0.481 e. The number of carbonyl (C=O) groups excluding carboxylic acids is 2. The number of hydrogen-bond donors (Lipinski definition) is 3. The molecule has 19 heavy (non-hydrogen) atoms. The molecule has 3 N–H and O–H groups in total. The maximum atomic E-state index is 11.5. The van der Waals surface area contributed by atoms with Crippen LogP contribution in [-0.4, -0.2) is 41.8 Å². The van der Waals surface area contributed by atoms with E-state index >= 15 is 0 Å². The first kappa shape index (κ1) is 15.4. The molecule has 7 heteroatoms. The Labute approximate surface area is 111 Å². The number of amides is 3. The number of aliphatic carboxylic acids is 1. The van der Waals surface area contributed by atoms with Crippen LogP contribution in [0.2, 0.25) is 0 Å². The maximum absolute atomic E-state index is 11.5. The highest BCUT2D eigenvalue weighted by atomic mass is 16.5. The van der Waals surface area contributed by atoms with Gasteiger partial charge in [0.2, 0.25) is 5.91 Å². The highest BCUT2D eigenvalue weighted by molar-refractivity contribution is 5.94. The normalized spacial score (nSPS) is 21.9. The van der Waals surface area contributed by atoms with E-state index in [2.05, 4.69) is 10.6 Å². The minimum atomic E-state index is -0.881. The lowest BCUT2D eigenvalue weighted by Crippen LogP contribution is -2.46. The molecule has 1 fully saturated rings. The molecule has 2 atom stereocenters. The lowest BCUT2D eigenvalue weighted by atomic mass is 10.1. The van der Waals surface area contributed by atoms with Gasteiger partial charge < -0.3 is 15.2 Å². The predicted octanol–water partition coefficient (Wildman–Crippen LogP) is 0.635. The van der Waals surface area contributed by atoms with E-state index in [1.54, 1.807) is 0 Å². The Hall–Kier alpha value is -1.63. The summed E-state index contributed by atoms with van der Waals surface area (Å²) in [6.07, 6.45) is 1.76. The van der Waals surface area contributed by atoms with Crippen LogP contribution in [0.25, 0.3) is 0 Å². The summed E-state index contributed by atoms with van der Waals surface area (Å²) in [7, 11) is 0. The number of urea groups is 1. The molecule has 1 rings (SSSR count). The predicted molar refractivity (Wildman–Crippen MR) is 66.6 cm³/mol. The molecule has 1 saturated heterocycles. The van der Waals surface area contributed by atoms with E-state index in [0.717, 1.165) is 6.42 Å². The second-order valence-corrected chi connectivity index (χ2v) is 4.59. The Morgan fingerprint density at radius 3 is 2.53 bits per heavy atom. The van der Waals surface area contributed by atoms with Gasteiger partial charge in [0.25, 0.3) is 0 Å². The number of carbonyl (C=O) groups is 3. The molecule has 0 aromatic rings. The summed E-state index contributed by atoms with van der Waals surface area (Å²) >= 11 is 0. The quantitative estimate of drug-likeness (QED) is 0.615. The number of hydrogen-bond acceptors (Lipinski definition) is 4. The molecule has 0 saturated carbocycles. The van der Waals surface area contributed by atoms with E-state index in [0.29, 0.717) is 19.4 Å². The third-order valence-corrected chi connectivity index (χ3v) is 2.99. The molecule has 0 aromatic heterocycles. The van der Waals surface area contributed by atoms with E-state index in [4.69, 9.17) is 9.84 Å². The SMILES string of the molecule is CC1OCCC1NC(=O)NC(=O)CCCCC(=O)O. The summed E-state index contributed by atoms with van der Waals surface area (Å²) < 4.78 is 5.29. The number of imide groups is 1. The van der Waals surface area contributed by atoms with Crippen molar-refractivity contribution in [2.75, 3.05) is 6.61 Å². The van der Waals surface area contributed by atoms with Crippen molar-refractivity contribution in [2.24, 2.45) is 0 Å². The molecule has 0 aliphatic carbocycles. The summed E-state index contributed by atoms with van der Waals surface area (Å²) in [6, 6.07) is -0.592. The van der Waals surface area contributed by atoms with Crippen molar-refractivity contribution in [1.82, 2.24) is 10.6 Å². The van der Waals surface area contributed by atoms with Crippen LogP contribution >= 0.6 is 0 Å². The molecule has 2 unspecified atom stereocenters. The molecular weight excluding hydrogens is 252 g/mol. The van der Waals surface area contributed by atoms with Crippen LogP contribution in [0, 0.1) is 0 Å². The Balaban J connectivity index is 2.13. The molecule has 0 radical (unpaired) electrons. The van der Waals surface area contributed by atoms with E-state index in [9.17, 15) is 14.4 Å². The fraction of sp³-hybridized carbons (Fsp3) is 0.750. The van der Waals surface area contributed by atoms with Crippen molar-refractivity contribution in [2.45, 2.75) is 51.2 Å². The monoisotopic (exact) mass is 272 g/mol. The average molecular weight is 272 g/mol. The summed E-state index contributed by atoms with van der Waals surface area (Å²) in [5, 5.41) is 13.3. The van der Waals surface area contributed by atoms with Crippen molar-refractivity contribution in [3.8, 4) is 0 Å². The third-order valence-electron chi connectivity index (χ3n) is 2.99. The molecule has 0 bridgehead atoms. The maximum Gasteiger partial charge on any atom is 0.321 e. The second-order valence-electron chi connectivity index (χ2n) is 4.59. The van der Waals surface area contributed by atoms with Crippen LogP contribution in [-0.2, 0) is 14.3 Å². The molecule has 0 spiro atoms. The lowest BCUT2D eigenvalue weighted by Gasteiger charge is -2.15. The Kier molecular flexibility index (Phi) is 6.27. The Morgan fingerprint density at radius 2 is 1.95 bits per heavy atom. The highest BCUT2D eigenvalue weighted by Crippen LogP contribution is 2.12. The first-order chi connectivity index (χ1) is 8.99. The first-order valence-corrected chi connectivity index (χ1v) is 6.43. The van der Waals surface area contributed by atoms with Gasteiger partial charge in [-0.1, -0.05) is 0 Å². The van der Waals surface area contributed by atoms with Gasteiger partial charge in [0, 0.05) is 19.4 Å². The van der Waals surface area contributed by atoms with Gasteiger partial charge in [0.05, 0.1) is 12.1 Å². The standard InChI is InChI=1S/C12H20N2O5/c1-8-9(6-7-19-8)13-12(18)14-10(15)4-2-3-5-11(16)17/h8-9H,2-7H2,1H3,(H,16,17)(H2,13,14,15,18). The fourth-order valence-corrected chi connectivity index (χ4v) is 1.88. The van der Waals surface area contributed by atoms with Crippen LogP contribution < -0.4 is 10.6 Å². The lowest BCUT2D eigenvalue weighted by molar-refractivity contribution is -0.137. The van der Waals surface area contributed by atoms with Gasteiger partial charge >= 0.3 is 12.0 Å². The van der Waals surface area contributed by atoms with Gasteiger partial charge in [-0.2, -0.15) is 0 Å². The topological polar surface area (TPSA) is 105 Å². The Morgan fingerprint density at radius 1 is 1.26 bits per heavy atom. The zero-order valence-electron chi connectivity index (χ0n) is 11.0. The molecule has 108 valence electrons. The number of ether oxygens (including phenoxy) is 1. The minimum absolute atomic E-state index is 0.0381. The second kappa shape index (κ2) is 7.73. The smallest absolute Gasteiger partial charge is 0.321 e. The molecule has 1 heterocycles. The molecule has 0 aromatic carbocycles. The van der Waals surface area contributed by atoms with Gasteiger partial charge in [0.1, 0.15) is 0 Å². The number of unbranched alkanes of at least 4 members (excludes halogenated alkanes) is 1. The number of carboxylic acid groups (broad SMARTS) is 1. The van der Waals surface area contributed by atoms with Gasteiger partial charge in [-0.3, -0.25) is 14.9 Å². The van der Waals surface area contributed by atoms with Crippen molar-refractivity contribution < 1.29 is 24.2 Å². The zero-order chi connectivity index (χ0) is 14.3. The molecule has 1 aliphatic rings. The van der Waals surface area contributed by atoms with Crippen molar-refractivity contribution in [1.29, 1.82) is 0 Å². The molecule has 7 nitrogen and oxygen atoms in total. The molecule has 3 amide bonds. The van der Waals surface area contributed by atoms with E-state index in [1.165, 1.54) is 0 Å². The molecule has 1 aliphatic heterocycles. The van der Waals surface area contributed by atoms with E-state index in [1.807, 2.05) is 6.92 Å². The number of nitrogens with one attached hydrogen (secondary N) is 2. The van der Waals surface area contributed by atoms with Crippen molar-refractivity contribution in [3.05, 3.63) is 0 Å². The summed E-state index contributed by atoms with van der Waals surface area (Å²) in [5.74, 6) is -1.28. The van der Waals surface area contributed by atoms with Crippen molar-refractivity contribution in [3.63, 3.8) is 0 Å². The van der Waals surface area contributed by atoms with E-state index in [-0.39, 0.29) is 25.0 Å². The van der Waals surface area contributed by atoms with Gasteiger partial charge in [-0.05, 0) is 26.2 Å². The summed E-state index contributed by atoms with van der Waals surface area (Å²) in [4.78, 5) is 33.2. The van der Waals surface area contributed by atoms with Gasteiger partial charge in [-0.15, -0.1) is 0 Å². The summed E-state index contributed by atoms with van der Waals surface area (Å²) in [6.45, 7) is 2.47.